The van der Waals surface area contributed by atoms with Crippen molar-refractivity contribution in [2.24, 2.45) is 5.92 Å². The number of aromatic carboxylic acids is 1. The zero-order chi connectivity index (χ0) is 18.8. The van der Waals surface area contributed by atoms with E-state index in [0.29, 0.717) is 26.7 Å². The summed E-state index contributed by atoms with van der Waals surface area (Å²) in [5.74, 6) is -0.541. The molecule has 7 heteroatoms. The Kier molecular flexibility index (Phi) is 5.61. The van der Waals surface area contributed by atoms with Gasteiger partial charge in [0.05, 0.1) is 27.0 Å². The van der Waals surface area contributed by atoms with Crippen LogP contribution in [-0.4, -0.2) is 21.0 Å². The summed E-state index contributed by atoms with van der Waals surface area (Å²) in [6.07, 6.45) is 2.34. The Balaban J connectivity index is 2.11. The maximum absolute atomic E-state index is 11.2. The molecule has 26 heavy (non-hydrogen) atoms. The Labute approximate surface area is 165 Å². The minimum atomic E-state index is -0.989. The fourth-order valence-corrected chi connectivity index (χ4v) is 4.08. The molecule has 0 aliphatic heterocycles. The van der Waals surface area contributed by atoms with Crippen molar-refractivity contribution in [3.8, 4) is 22.0 Å². The molecule has 0 bridgehead atoms. The Morgan fingerprint density at radius 2 is 1.96 bits per heavy atom. The SMILES string of the molecule is CC(C)Cc1sc(-c2cc(C(=O)O)ccn2)nc1-c1ccc(Cl)c(Cl)c1. The van der Waals surface area contributed by atoms with Crippen LogP contribution in [0.25, 0.3) is 22.0 Å². The quantitative estimate of drug-likeness (QED) is 0.557. The number of benzene rings is 1. The summed E-state index contributed by atoms with van der Waals surface area (Å²) in [5, 5.41) is 10.8. The molecular formula is C19H16Cl2N2O2S. The van der Waals surface area contributed by atoms with Crippen molar-refractivity contribution in [3.05, 3.63) is 57.0 Å². The number of halogens is 2. The normalized spacial score (nSPS) is 11.1. The summed E-state index contributed by atoms with van der Waals surface area (Å²) in [4.78, 5) is 21.4. The van der Waals surface area contributed by atoms with Gasteiger partial charge in [-0.1, -0.05) is 43.1 Å². The van der Waals surface area contributed by atoms with Gasteiger partial charge in [-0.3, -0.25) is 4.98 Å². The number of carboxylic acids is 1. The highest BCUT2D eigenvalue weighted by Crippen LogP contribution is 2.37. The van der Waals surface area contributed by atoms with E-state index in [9.17, 15) is 9.90 Å². The van der Waals surface area contributed by atoms with Crippen LogP contribution >= 0.6 is 34.5 Å². The van der Waals surface area contributed by atoms with Crippen LogP contribution in [0.2, 0.25) is 10.0 Å². The number of aromatic nitrogens is 2. The van der Waals surface area contributed by atoms with Crippen molar-refractivity contribution in [2.45, 2.75) is 20.3 Å². The van der Waals surface area contributed by atoms with E-state index in [-0.39, 0.29) is 5.56 Å². The van der Waals surface area contributed by atoms with Gasteiger partial charge in [0.2, 0.25) is 0 Å². The zero-order valence-electron chi connectivity index (χ0n) is 14.2. The Bertz CT molecular complexity index is 970. The van der Waals surface area contributed by atoms with Gasteiger partial charge in [0.15, 0.2) is 0 Å². The van der Waals surface area contributed by atoms with E-state index >= 15 is 0 Å². The zero-order valence-corrected chi connectivity index (χ0v) is 16.5. The third-order valence-electron chi connectivity index (χ3n) is 3.71. The molecule has 1 N–H and O–H groups in total. The predicted molar refractivity (Wildman–Crippen MR) is 106 cm³/mol. The van der Waals surface area contributed by atoms with Crippen molar-refractivity contribution >= 4 is 40.5 Å². The average Bonchev–Trinajstić information content (AvgIpc) is 3.00. The Morgan fingerprint density at radius 3 is 2.62 bits per heavy atom. The molecule has 0 aliphatic carbocycles. The van der Waals surface area contributed by atoms with E-state index in [0.717, 1.165) is 22.6 Å². The molecule has 0 radical (unpaired) electrons. The second-order valence-corrected chi connectivity index (χ2v) is 8.15. The molecule has 2 heterocycles. The van der Waals surface area contributed by atoms with Crippen molar-refractivity contribution in [3.63, 3.8) is 0 Å². The lowest BCUT2D eigenvalue weighted by atomic mass is 10.0. The first-order chi connectivity index (χ1) is 12.3. The fraction of sp³-hybridized carbons (Fsp3) is 0.211. The maximum Gasteiger partial charge on any atom is 0.335 e. The molecule has 3 rings (SSSR count). The lowest BCUT2D eigenvalue weighted by Gasteiger charge is -2.06. The average molecular weight is 407 g/mol. The van der Waals surface area contributed by atoms with Crippen LogP contribution in [0.1, 0.15) is 29.1 Å². The molecule has 0 saturated carbocycles. The van der Waals surface area contributed by atoms with Gasteiger partial charge in [-0.05, 0) is 36.6 Å². The molecule has 0 atom stereocenters. The highest BCUT2D eigenvalue weighted by molar-refractivity contribution is 7.15. The lowest BCUT2D eigenvalue weighted by molar-refractivity contribution is 0.0697. The minimum Gasteiger partial charge on any atom is -0.478 e. The number of nitrogens with zero attached hydrogens (tertiary/aromatic N) is 2. The number of hydrogen-bond acceptors (Lipinski definition) is 4. The highest BCUT2D eigenvalue weighted by Gasteiger charge is 2.18. The predicted octanol–water partition coefficient (Wildman–Crippen LogP) is 6.08. The molecule has 3 aromatic rings. The minimum absolute atomic E-state index is 0.187. The third kappa shape index (κ3) is 4.06. The third-order valence-corrected chi connectivity index (χ3v) is 5.55. The molecule has 134 valence electrons. The van der Waals surface area contributed by atoms with Crippen LogP contribution in [-0.2, 0) is 6.42 Å². The van der Waals surface area contributed by atoms with E-state index < -0.39 is 5.97 Å². The molecule has 0 amide bonds. The Hall–Kier alpha value is -1.95. The van der Waals surface area contributed by atoms with Crippen molar-refractivity contribution in [1.29, 1.82) is 0 Å². The van der Waals surface area contributed by atoms with Crippen molar-refractivity contribution in [2.75, 3.05) is 0 Å². The summed E-state index contributed by atoms with van der Waals surface area (Å²) in [7, 11) is 0. The number of carboxylic acid groups (broad SMARTS) is 1. The molecule has 4 nitrogen and oxygen atoms in total. The van der Waals surface area contributed by atoms with Gasteiger partial charge in [0, 0.05) is 16.6 Å². The second-order valence-electron chi connectivity index (χ2n) is 6.25. The number of hydrogen-bond donors (Lipinski definition) is 1. The first-order valence-electron chi connectivity index (χ1n) is 8.00. The van der Waals surface area contributed by atoms with Crippen molar-refractivity contribution < 1.29 is 9.90 Å². The molecule has 0 fully saturated rings. The summed E-state index contributed by atoms with van der Waals surface area (Å²) in [6.45, 7) is 4.28. The molecule has 0 unspecified atom stereocenters. The second kappa shape index (κ2) is 7.74. The van der Waals surface area contributed by atoms with Crippen LogP contribution in [0.4, 0.5) is 0 Å². The molecule has 1 aromatic carbocycles. The van der Waals surface area contributed by atoms with E-state index in [1.165, 1.54) is 23.6 Å². The van der Waals surface area contributed by atoms with Gasteiger partial charge in [0.25, 0.3) is 0 Å². The van der Waals surface area contributed by atoms with Gasteiger partial charge >= 0.3 is 5.97 Å². The van der Waals surface area contributed by atoms with Crippen LogP contribution < -0.4 is 0 Å². The Morgan fingerprint density at radius 1 is 1.19 bits per heavy atom. The molecule has 2 aromatic heterocycles. The van der Waals surface area contributed by atoms with E-state index in [2.05, 4.69) is 18.8 Å². The van der Waals surface area contributed by atoms with Crippen molar-refractivity contribution in [1.82, 2.24) is 9.97 Å². The van der Waals surface area contributed by atoms with Gasteiger partial charge in [-0.2, -0.15) is 0 Å². The molecule has 0 aliphatic rings. The number of rotatable bonds is 5. The van der Waals surface area contributed by atoms with Crippen LogP contribution in [0.5, 0.6) is 0 Å². The first kappa shape index (κ1) is 18.8. The fourth-order valence-electron chi connectivity index (χ4n) is 2.52. The van der Waals surface area contributed by atoms with Crippen LogP contribution in [0.3, 0.4) is 0 Å². The number of pyridine rings is 1. The number of carbonyl (C=O) groups is 1. The molecule has 0 saturated heterocycles. The topological polar surface area (TPSA) is 63.1 Å². The van der Waals surface area contributed by atoms with E-state index in [1.807, 2.05) is 6.07 Å². The van der Waals surface area contributed by atoms with Gasteiger partial charge in [-0.25, -0.2) is 9.78 Å². The first-order valence-corrected chi connectivity index (χ1v) is 9.57. The smallest absolute Gasteiger partial charge is 0.335 e. The highest BCUT2D eigenvalue weighted by atomic mass is 35.5. The van der Waals surface area contributed by atoms with E-state index in [4.69, 9.17) is 28.2 Å². The van der Waals surface area contributed by atoms with E-state index in [1.54, 1.807) is 18.2 Å². The molecular weight excluding hydrogens is 391 g/mol. The van der Waals surface area contributed by atoms with Gasteiger partial charge in [0.1, 0.15) is 5.01 Å². The lowest BCUT2D eigenvalue weighted by Crippen LogP contribution is -1.97. The number of thiazole rings is 1. The van der Waals surface area contributed by atoms with Gasteiger partial charge < -0.3 is 5.11 Å². The van der Waals surface area contributed by atoms with Crippen LogP contribution in [0.15, 0.2) is 36.5 Å². The van der Waals surface area contributed by atoms with Crippen LogP contribution in [0, 0.1) is 5.92 Å². The summed E-state index contributed by atoms with van der Waals surface area (Å²) in [6, 6.07) is 8.44. The summed E-state index contributed by atoms with van der Waals surface area (Å²) >= 11 is 13.7. The standard InChI is InChI=1S/C19H16Cl2N2O2S/c1-10(2)7-16-17(11-3-4-13(20)14(21)8-11)23-18(26-16)15-9-12(19(24)25)5-6-22-15/h3-6,8-10H,7H2,1-2H3,(H,24,25). The molecule has 0 spiro atoms. The summed E-state index contributed by atoms with van der Waals surface area (Å²) < 4.78 is 0. The maximum atomic E-state index is 11.2. The largest absolute Gasteiger partial charge is 0.478 e. The summed E-state index contributed by atoms with van der Waals surface area (Å²) in [5.41, 5.74) is 2.45. The monoisotopic (exact) mass is 406 g/mol. The van der Waals surface area contributed by atoms with Gasteiger partial charge in [-0.15, -0.1) is 11.3 Å².